The summed E-state index contributed by atoms with van der Waals surface area (Å²) in [7, 11) is 0. The molecule has 0 saturated carbocycles. The molecule has 4 heteroatoms. The quantitative estimate of drug-likeness (QED) is 0.718. The minimum absolute atomic E-state index is 0.360. The number of aryl methyl sites for hydroxylation is 1. The number of allylic oxidation sites excluding steroid dienone is 2. The average Bonchev–Trinajstić information content (AvgIpc) is 3.07. The highest BCUT2D eigenvalue weighted by molar-refractivity contribution is 7.22. The molecule has 0 amide bonds. The number of carbonyl (C=O) groups is 1. The van der Waals surface area contributed by atoms with Crippen LogP contribution in [0.25, 0.3) is 15.3 Å². The molecule has 2 rings (SSSR count). The number of rotatable bonds is 6. The van der Waals surface area contributed by atoms with Gasteiger partial charge in [0.15, 0.2) is 0 Å². The van der Waals surface area contributed by atoms with Crippen molar-refractivity contribution < 1.29 is 9.90 Å². The second-order valence-electron chi connectivity index (χ2n) is 5.49. The van der Waals surface area contributed by atoms with Gasteiger partial charge in [0.1, 0.15) is 0 Å². The van der Waals surface area contributed by atoms with Crippen LogP contribution >= 0.6 is 22.7 Å². The van der Waals surface area contributed by atoms with Crippen molar-refractivity contribution in [1.29, 1.82) is 0 Å². The van der Waals surface area contributed by atoms with Crippen LogP contribution in [0.1, 0.15) is 42.5 Å². The van der Waals surface area contributed by atoms with E-state index in [0.29, 0.717) is 6.42 Å². The van der Waals surface area contributed by atoms with E-state index in [1.54, 1.807) is 29.6 Å². The van der Waals surface area contributed by atoms with Crippen LogP contribution in [0.15, 0.2) is 24.3 Å². The Labute approximate surface area is 140 Å². The van der Waals surface area contributed by atoms with Crippen molar-refractivity contribution in [1.82, 2.24) is 0 Å². The van der Waals surface area contributed by atoms with Crippen LogP contribution in [0, 0.1) is 12.8 Å². The first-order valence-electron chi connectivity index (χ1n) is 7.54. The zero-order valence-electron chi connectivity index (χ0n) is 13.5. The van der Waals surface area contributed by atoms with Gasteiger partial charge in [-0.2, -0.15) is 0 Å². The lowest BCUT2D eigenvalue weighted by Crippen LogP contribution is -2.12. The predicted octanol–water partition coefficient (Wildman–Crippen LogP) is 5.86. The highest BCUT2D eigenvalue weighted by atomic mass is 32.1. The lowest BCUT2D eigenvalue weighted by Gasteiger charge is -2.08. The molecule has 0 aliphatic heterocycles. The first-order chi connectivity index (χ1) is 10.5. The molecule has 1 unspecified atom stereocenters. The highest BCUT2D eigenvalue weighted by Crippen LogP contribution is 2.40. The molecule has 0 aliphatic carbocycles. The number of thiophene rings is 2. The topological polar surface area (TPSA) is 37.3 Å². The smallest absolute Gasteiger partial charge is 0.306 e. The standard InChI is InChI=1S/C18H22O2S2/c1-5-13(6-2)17-14(9-11(3)18(19)20)10-16(22-17)15-8-7-12(4)21-15/h5,7-8,10-11H,6,9H2,1-4H3,(H,19,20). The minimum atomic E-state index is -0.732. The zero-order chi connectivity index (χ0) is 16.3. The van der Waals surface area contributed by atoms with Gasteiger partial charge in [0.2, 0.25) is 0 Å². The number of carboxylic acids is 1. The Bertz CT molecular complexity index is 692. The van der Waals surface area contributed by atoms with Gasteiger partial charge in [0.25, 0.3) is 0 Å². The number of aliphatic carboxylic acids is 1. The van der Waals surface area contributed by atoms with Crippen LogP contribution in [0.4, 0.5) is 0 Å². The molecule has 0 aliphatic rings. The number of hydrogen-bond acceptors (Lipinski definition) is 3. The molecule has 0 spiro atoms. The van der Waals surface area contributed by atoms with Crippen molar-refractivity contribution in [3.8, 4) is 9.75 Å². The van der Waals surface area contributed by atoms with Crippen LogP contribution in [-0.2, 0) is 11.2 Å². The first kappa shape index (κ1) is 17.0. The van der Waals surface area contributed by atoms with Gasteiger partial charge < -0.3 is 5.11 Å². The fraction of sp³-hybridized carbons (Fsp3) is 0.389. The average molecular weight is 335 g/mol. The fourth-order valence-electron chi connectivity index (χ4n) is 2.45. The molecule has 22 heavy (non-hydrogen) atoms. The van der Waals surface area contributed by atoms with Crippen molar-refractivity contribution in [2.24, 2.45) is 5.92 Å². The van der Waals surface area contributed by atoms with E-state index in [0.717, 1.165) is 12.0 Å². The van der Waals surface area contributed by atoms with Gasteiger partial charge in [-0.05, 0) is 56.0 Å². The van der Waals surface area contributed by atoms with Crippen LogP contribution in [-0.4, -0.2) is 11.1 Å². The molecule has 1 N–H and O–H groups in total. The van der Waals surface area contributed by atoms with E-state index in [4.69, 9.17) is 0 Å². The molecule has 2 heterocycles. The summed E-state index contributed by atoms with van der Waals surface area (Å²) >= 11 is 3.58. The fourth-order valence-corrected chi connectivity index (χ4v) is 4.74. The largest absolute Gasteiger partial charge is 0.481 e. The van der Waals surface area contributed by atoms with Gasteiger partial charge in [-0.15, -0.1) is 22.7 Å². The van der Waals surface area contributed by atoms with Gasteiger partial charge in [0.05, 0.1) is 5.92 Å². The number of carboxylic acid groups (broad SMARTS) is 1. The molecule has 2 aromatic heterocycles. The van der Waals surface area contributed by atoms with Crippen molar-refractivity contribution in [2.45, 2.75) is 40.5 Å². The van der Waals surface area contributed by atoms with Gasteiger partial charge in [-0.3, -0.25) is 4.79 Å². The molecule has 2 nitrogen and oxygen atoms in total. The second kappa shape index (κ2) is 7.25. The Hall–Kier alpha value is -1.39. The molecular weight excluding hydrogens is 312 g/mol. The second-order valence-corrected chi connectivity index (χ2v) is 7.83. The monoisotopic (exact) mass is 334 g/mol. The third kappa shape index (κ3) is 3.68. The zero-order valence-corrected chi connectivity index (χ0v) is 15.1. The minimum Gasteiger partial charge on any atom is -0.481 e. The third-order valence-electron chi connectivity index (χ3n) is 3.76. The maximum Gasteiger partial charge on any atom is 0.306 e. The summed E-state index contributed by atoms with van der Waals surface area (Å²) in [5.41, 5.74) is 2.47. The van der Waals surface area contributed by atoms with E-state index >= 15 is 0 Å². The van der Waals surface area contributed by atoms with Gasteiger partial charge in [0, 0.05) is 19.5 Å². The maximum absolute atomic E-state index is 11.2. The van der Waals surface area contributed by atoms with E-state index in [-0.39, 0.29) is 5.92 Å². The van der Waals surface area contributed by atoms with Crippen LogP contribution in [0.2, 0.25) is 0 Å². The highest BCUT2D eigenvalue weighted by Gasteiger charge is 2.19. The normalized spacial score (nSPS) is 13.4. The molecular formula is C18H22O2S2. The van der Waals surface area contributed by atoms with Crippen LogP contribution in [0.3, 0.4) is 0 Å². The summed E-state index contributed by atoms with van der Waals surface area (Å²) < 4.78 is 0. The van der Waals surface area contributed by atoms with Crippen molar-refractivity contribution >= 4 is 34.2 Å². The van der Waals surface area contributed by atoms with E-state index < -0.39 is 5.97 Å². The summed E-state index contributed by atoms with van der Waals surface area (Å²) in [6.45, 7) is 8.09. The molecule has 1 atom stereocenters. The Morgan fingerprint density at radius 3 is 2.55 bits per heavy atom. The lowest BCUT2D eigenvalue weighted by molar-refractivity contribution is -0.141. The predicted molar refractivity (Wildman–Crippen MR) is 96.8 cm³/mol. The molecule has 0 fully saturated rings. The Morgan fingerprint density at radius 1 is 1.32 bits per heavy atom. The molecule has 0 aromatic carbocycles. The molecule has 0 radical (unpaired) electrons. The van der Waals surface area contributed by atoms with E-state index in [1.807, 2.05) is 0 Å². The summed E-state index contributed by atoms with van der Waals surface area (Å²) in [5, 5.41) is 9.21. The van der Waals surface area contributed by atoms with Crippen molar-refractivity contribution in [2.75, 3.05) is 0 Å². The Balaban J connectivity index is 2.45. The van der Waals surface area contributed by atoms with Gasteiger partial charge in [-0.1, -0.05) is 19.9 Å². The molecule has 2 aromatic rings. The van der Waals surface area contributed by atoms with Crippen LogP contribution < -0.4 is 0 Å². The van der Waals surface area contributed by atoms with Crippen molar-refractivity contribution in [3.63, 3.8) is 0 Å². The summed E-state index contributed by atoms with van der Waals surface area (Å²) in [4.78, 5) is 16.3. The maximum atomic E-state index is 11.2. The molecule has 118 valence electrons. The van der Waals surface area contributed by atoms with Gasteiger partial charge >= 0.3 is 5.97 Å². The number of hydrogen-bond donors (Lipinski definition) is 1. The van der Waals surface area contributed by atoms with Crippen LogP contribution in [0.5, 0.6) is 0 Å². The summed E-state index contributed by atoms with van der Waals surface area (Å²) in [6.07, 6.45) is 3.70. The van der Waals surface area contributed by atoms with E-state index in [9.17, 15) is 9.90 Å². The summed E-state index contributed by atoms with van der Waals surface area (Å²) in [6, 6.07) is 6.47. The Morgan fingerprint density at radius 2 is 2.05 bits per heavy atom. The van der Waals surface area contributed by atoms with Gasteiger partial charge in [-0.25, -0.2) is 0 Å². The molecule has 0 bridgehead atoms. The SMILES string of the molecule is CC=C(CC)c1sc(-c2ccc(C)s2)cc1CC(C)C(=O)O. The molecule has 0 saturated heterocycles. The van der Waals surface area contributed by atoms with E-state index in [1.165, 1.54) is 25.1 Å². The first-order valence-corrected chi connectivity index (χ1v) is 9.17. The lowest BCUT2D eigenvalue weighted by atomic mass is 9.98. The Kier molecular flexibility index (Phi) is 5.59. The summed E-state index contributed by atoms with van der Waals surface area (Å²) in [5.74, 6) is -1.09. The third-order valence-corrected chi connectivity index (χ3v) is 6.21. The van der Waals surface area contributed by atoms with E-state index in [2.05, 4.69) is 45.0 Å². The van der Waals surface area contributed by atoms with Crippen molar-refractivity contribution in [3.05, 3.63) is 39.6 Å².